The Hall–Kier alpha value is -3.39. The summed E-state index contributed by atoms with van der Waals surface area (Å²) >= 11 is 0. The van der Waals surface area contributed by atoms with E-state index in [9.17, 15) is 19.5 Å². The molecule has 176 valence electrons. The van der Waals surface area contributed by atoms with Gasteiger partial charge in [0.1, 0.15) is 5.69 Å². The SMILES string of the molecule is COC(=O)c1[nH]c(C)c(C([O-])=C2C(=O)C(=O)N(CCC[NH+](C)C)C2c2ccc(C)cc2)c1C. The zero-order chi connectivity index (χ0) is 24.4. The minimum absolute atomic E-state index is 0.0809. The Morgan fingerprint density at radius 3 is 2.36 bits per heavy atom. The lowest BCUT2D eigenvalue weighted by Gasteiger charge is -2.28. The summed E-state index contributed by atoms with van der Waals surface area (Å²) in [6.07, 6.45) is 0.694. The van der Waals surface area contributed by atoms with E-state index in [2.05, 4.69) is 4.98 Å². The molecule has 1 aliphatic heterocycles. The number of hydrogen-bond donors (Lipinski definition) is 2. The van der Waals surface area contributed by atoms with Crippen LogP contribution in [0.1, 0.15) is 50.9 Å². The fraction of sp³-hybridized carbons (Fsp3) is 0.400. The first kappa shape index (κ1) is 24.3. The molecule has 2 aromatic rings. The van der Waals surface area contributed by atoms with E-state index in [0.717, 1.165) is 12.1 Å². The van der Waals surface area contributed by atoms with Crippen LogP contribution >= 0.6 is 0 Å². The van der Waals surface area contributed by atoms with Crippen molar-refractivity contribution in [1.29, 1.82) is 0 Å². The van der Waals surface area contributed by atoms with E-state index >= 15 is 0 Å². The number of ether oxygens (including phenoxy) is 1. The van der Waals surface area contributed by atoms with Gasteiger partial charge < -0.3 is 24.6 Å². The lowest BCUT2D eigenvalue weighted by atomic mass is 9.93. The van der Waals surface area contributed by atoms with E-state index in [1.165, 1.54) is 16.9 Å². The smallest absolute Gasteiger partial charge is 0.354 e. The number of Topliss-reactive ketones (excluding diaryl/α,β-unsaturated/α-hetero) is 1. The number of likely N-dealkylation sites (tertiary alicyclic amines) is 1. The minimum Gasteiger partial charge on any atom is -0.872 e. The molecule has 1 aromatic carbocycles. The van der Waals surface area contributed by atoms with Gasteiger partial charge in [0.15, 0.2) is 0 Å². The van der Waals surface area contributed by atoms with Gasteiger partial charge in [-0.2, -0.15) is 0 Å². The molecule has 0 radical (unpaired) electrons. The number of hydrogen-bond acceptors (Lipinski definition) is 5. The maximum absolute atomic E-state index is 13.7. The van der Waals surface area contributed by atoms with Crippen LogP contribution in [-0.2, 0) is 14.3 Å². The number of carbonyl (C=O) groups excluding carboxylic acids is 3. The monoisotopic (exact) mass is 453 g/mol. The third-order valence-corrected chi connectivity index (χ3v) is 6.05. The highest BCUT2D eigenvalue weighted by Gasteiger charge is 2.44. The third-order valence-electron chi connectivity index (χ3n) is 6.05. The van der Waals surface area contributed by atoms with Crippen molar-refractivity contribution in [2.45, 2.75) is 33.2 Å². The van der Waals surface area contributed by atoms with Gasteiger partial charge in [0.2, 0.25) is 5.78 Å². The van der Waals surface area contributed by atoms with Gasteiger partial charge in [0.05, 0.1) is 33.8 Å². The molecule has 1 fully saturated rings. The highest BCUT2D eigenvalue weighted by atomic mass is 16.5. The van der Waals surface area contributed by atoms with Crippen LogP contribution in [0.15, 0.2) is 29.8 Å². The lowest BCUT2D eigenvalue weighted by molar-refractivity contribution is -0.858. The quantitative estimate of drug-likeness (QED) is 0.275. The molecular weight excluding hydrogens is 422 g/mol. The van der Waals surface area contributed by atoms with Crippen molar-refractivity contribution in [2.24, 2.45) is 0 Å². The van der Waals surface area contributed by atoms with Gasteiger partial charge in [-0.05, 0) is 37.5 Å². The first-order chi connectivity index (χ1) is 15.6. The maximum atomic E-state index is 13.7. The van der Waals surface area contributed by atoms with Gasteiger partial charge in [-0.25, -0.2) is 4.79 Å². The van der Waals surface area contributed by atoms with Crippen LogP contribution in [0.3, 0.4) is 0 Å². The fourth-order valence-electron chi connectivity index (χ4n) is 4.33. The van der Waals surface area contributed by atoms with E-state index in [4.69, 9.17) is 4.74 Å². The van der Waals surface area contributed by atoms with E-state index in [-0.39, 0.29) is 16.8 Å². The predicted molar refractivity (Wildman–Crippen MR) is 121 cm³/mol. The molecule has 8 heteroatoms. The van der Waals surface area contributed by atoms with E-state index < -0.39 is 29.5 Å². The number of H-pyrrole nitrogens is 1. The molecule has 0 bridgehead atoms. The molecule has 1 saturated heterocycles. The minimum atomic E-state index is -0.789. The normalized spacial score (nSPS) is 17.8. The number of aromatic amines is 1. The molecule has 0 aliphatic carbocycles. The number of nitrogens with one attached hydrogen (secondary N) is 2. The molecule has 1 aromatic heterocycles. The summed E-state index contributed by atoms with van der Waals surface area (Å²) < 4.78 is 4.79. The van der Waals surface area contributed by atoms with Crippen molar-refractivity contribution in [3.8, 4) is 0 Å². The van der Waals surface area contributed by atoms with E-state index in [1.54, 1.807) is 13.8 Å². The van der Waals surface area contributed by atoms with Gasteiger partial charge in [-0.1, -0.05) is 35.6 Å². The standard InChI is InChI=1S/C25H31N3O5/c1-14-8-10-17(11-9-14)21-19(23(30)24(31)28(21)13-7-12-27(4)5)22(29)18-15(2)20(25(32)33-6)26-16(18)3/h8-11,21,26,29H,7,12-13H2,1-6H3. The number of amides is 1. The van der Waals surface area contributed by atoms with E-state index in [0.29, 0.717) is 29.8 Å². The molecule has 3 rings (SSSR count). The summed E-state index contributed by atoms with van der Waals surface area (Å²) in [5.74, 6) is -2.60. The zero-order valence-corrected chi connectivity index (χ0v) is 20.0. The number of quaternary nitrogens is 1. The first-order valence-electron chi connectivity index (χ1n) is 11.0. The second-order valence-corrected chi connectivity index (χ2v) is 8.81. The van der Waals surface area contributed by atoms with Crippen LogP contribution in [0.5, 0.6) is 0 Å². The molecule has 0 spiro atoms. The van der Waals surface area contributed by atoms with Crippen molar-refractivity contribution in [1.82, 2.24) is 9.88 Å². The van der Waals surface area contributed by atoms with Crippen molar-refractivity contribution in [3.05, 3.63) is 63.5 Å². The summed E-state index contributed by atoms with van der Waals surface area (Å²) in [5, 5.41) is 13.7. The van der Waals surface area contributed by atoms with Gasteiger partial charge in [0.25, 0.3) is 5.91 Å². The molecule has 2 N–H and O–H groups in total. The van der Waals surface area contributed by atoms with Crippen LogP contribution in [0.25, 0.3) is 5.76 Å². The van der Waals surface area contributed by atoms with Crippen LogP contribution in [0, 0.1) is 20.8 Å². The van der Waals surface area contributed by atoms with Crippen molar-refractivity contribution in [2.75, 3.05) is 34.3 Å². The van der Waals surface area contributed by atoms with Crippen LogP contribution in [0.4, 0.5) is 0 Å². The highest BCUT2D eigenvalue weighted by Crippen LogP contribution is 2.40. The van der Waals surface area contributed by atoms with Crippen LogP contribution < -0.4 is 10.0 Å². The summed E-state index contributed by atoms with van der Waals surface area (Å²) in [5.41, 5.74) is 2.89. The average Bonchev–Trinajstić information content (AvgIpc) is 3.20. The number of esters is 1. The Morgan fingerprint density at radius 2 is 1.79 bits per heavy atom. The topological polar surface area (TPSA) is 107 Å². The summed E-state index contributed by atoms with van der Waals surface area (Å²) in [7, 11) is 5.30. The molecule has 8 nitrogen and oxygen atoms in total. The molecule has 1 atom stereocenters. The Balaban J connectivity index is 2.17. The summed E-state index contributed by atoms with van der Waals surface area (Å²) in [6.45, 7) is 6.42. The molecule has 33 heavy (non-hydrogen) atoms. The molecule has 0 saturated carbocycles. The summed E-state index contributed by atoms with van der Waals surface area (Å²) in [4.78, 5) is 43.9. The highest BCUT2D eigenvalue weighted by molar-refractivity contribution is 6.46. The maximum Gasteiger partial charge on any atom is 0.354 e. The third kappa shape index (κ3) is 4.57. The van der Waals surface area contributed by atoms with Crippen molar-refractivity contribution in [3.63, 3.8) is 0 Å². The largest absolute Gasteiger partial charge is 0.872 e. The average molecular weight is 454 g/mol. The van der Waals surface area contributed by atoms with Gasteiger partial charge >= 0.3 is 5.97 Å². The number of aryl methyl sites for hydroxylation is 2. The Morgan fingerprint density at radius 1 is 1.15 bits per heavy atom. The van der Waals surface area contributed by atoms with E-state index in [1.807, 2.05) is 45.3 Å². The fourth-order valence-corrected chi connectivity index (χ4v) is 4.33. The summed E-state index contributed by atoms with van der Waals surface area (Å²) in [6, 6.07) is 6.72. The second-order valence-electron chi connectivity index (χ2n) is 8.81. The van der Waals surface area contributed by atoms with Crippen molar-refractivity contribution < 1.29 is 29.1 Å². The number of aromatic nitrogens is 1. The lowest BCUT2D eigenvalue weighted by Crippen LogP contribution is -3.05. The number of nitrogens with zero attached hydrogens (tertiary/aromatic N) is 1. The number of ketones is 1. The number of methoxy groups -OCH3 is 1. The Kier molecular flexibility index (Phi) is 7.07. The molecule has 1 aliphatic rings. The Labute approximate surface area is 193 Å². The first-order valence-corrected chi connectivity index (χ1v) is 11.0. The van der Waals surface area contributed by atoms with Gasteiger partial charge in [-0.3, -0.25) is 9.59 Å². The second kappa shape index (κ2) is 9.62. The Bertz CT molecular complexity index is 1110. The predicted octanol–water partition coefficient (Wildman–Crippen LogP) is 0.485. The number of carbonyl (C=O) groups is 3. The van der Waals surface area contributed by atoms with Crippen LogP contribution in [0.2, 0.25) is 0 Å². The number of rotatable bonds is 7. The number of benzene rings is 1. The zero-order valence-electron chi connectivity index (χ0n) is 20.0. The van der Waals surface area contributed by atoms with Crippen LogP contribution in [-0.4, -0.2) is 61.8 Å². The molecule has 1 unspecified atom stereocenters. The van der Waals surface area contributed by atoms with Gasteiger partial charge in [-0.15, -0.1) is 0 Å². The van der Waals surface area contributed by atoms with Crippen molar-refractivity contribution >= 4 is 23.4 Å². The molecular formula is C25H31N3O5. The molecule has 1 amide bonds. The van der Waals surface area contributed by atoms with Gasteiger partial charge in [0, 0.05) is 24.2 Å². The molecule has 2 heterocycles.